The second-order valence-electron chi connectivity index (χ2n) is 5.59. The van der Waals surface area contributed by atoms with Crippen LogP contribution in [0.5, 0.6) is 0 Å². The molecule has 0 saturated carbocycles. The Bertz CT molecular complexity index is 429. The quantitative estimate of drug-likeness (QED) is 0.829. The van der Waals surface area contributed by atoms with Gasteiger partial charge in [0.05, 0.1) is 6.54 Å². The van der Waals surface area contributed by atoms with Crippen molar-refractivity contribution in [3.05, 3.63) is 29.8 Å². The fourth-order valence-corrected chi connectivity index (χ4v) is 2.04. The highest BCUT2D eigenvalue weighted by Gasteiger charge is 2.10. The van der Waals surface area contributed by atoms with Crippen molar-refractivity contribution in [1.82, 2.24) is 10.2 Å². The zero-order chi connectivity index (χ0) is 15.1. The highest BCUT2D eigenvalue weighted by molar-refractivity contribution is 5.78. The molecule has 0 heterocycles. The largest absolute Gasteiger partial charge is 0.378 e. The molecular weight excluding hydrogens is 250 g/mol. The minimum atomic E-state index is 0.0885. The van der Waals surface area contributed by atoms with Gasteiger partial charge in [-0.1, -0.05) is 19.1 Å². The predicted molar refractivity (Wildman–Crippen MR) is 85.0 cm³/mol. The number of hydrogen-bond donors (Lipinski definition) is 1. The summed E-state index contributed by atoms with van der Waals surface area (Å²) >= 11 is 0. The van der Waals surface area contributed by atoms with Crippen molar-refractivity contribution in [3.63, 3.8) is 0 Å². The van der Waals surface area contributed by atoms with Gasteiger partial charge >= 0.3 is 0 Å². The van der Waals surface area contributed by atoms with Crippen LogP contribution in [0.1, 0.15) is 26.3 Å². The van der Waals surface area contributed by atoms with Crippen LogP contribution in [0, 0.1) is 0 Å². The van der Waals surface area contributed by atoms with Crippen LogP contribution in [0.3, 0.4) is 0 Å². The average molecular weight is 277 g/mol. The minimum Gasteiger partial charge on any atom is -0.378 e. The molecule has 0 aliphatic heterocycles. The van der Waals surface area contributed by atoms with Gasteiger partial charge in [0.25, 0.3) is 0 Å². The standard InChI is InChI=1S/C16H27N3O/c1-6-19(12-16(20)17-13(2)3)11-14-8-7-9-15(10-14)18(4)5/h7-10,13H,6,11-12H2,1-5H3,(H,17,20). The van der Waals surface area contributed by atoms with Crippen LogP contribution in [0.2, 0.25) is 0 Å². The number of nitrogens with zero attached hydrogens (tertiary/aromatic N) is 2. The summed E-state index contributed by atoms with van der Waals surface area (Å²) in [6.45, 7) is 8.14. The topological polar surface area (TPSA) is 35.6 Å². The third kappa shape index (κ3) is 5.61. The van der Waals surface area contributed by atoms with Gasteiger partial charge in [0, 0.05) is 32.4 Å². The average Bonchev–Trinajstić information content (AvgIpc) is 2.37. The van der Waals surface area contributed by atoms with Gasteiger partial charge in [-0.15, -0.1) is 0 Å². The van der Waals surface area contributed by atoms with Crippen molar-refractivity contribution in [2.45, 2.75) is 33.4 Å². The maximum atomic E-state index is 11.8. The van der Waals surface area contributed by atoms with Gasteiger partial charge in [-0.05, 0) is 38.1 Å². The number of carbonyl (C=O) groups excluding carboxylic acids is 1. The van der Waals surface area contributed by atoms with Crippen LogP contribution < -0.4 is 10.2 Å². The second kappa shape index (κ2) is 7.90. The van der Waals surface area contributed by atoms with E-state index in [9.17, 15) is 4.79 Å². The van der Waals surface area contributed by atoms with Crippen molar-refractivity contribution in [2.24, 2.45) is 0 Å². The molecule has 0 spiro atoms. The summed E-state index contributed by atoms with van der Waals surface area (Å²) < 4.78 is 0. The maximum Gasteiger partial charge on any atom is 0.234 e. The monoisotopic (exact) mass is 277 g/mol. The first-order chi connectivity index (χ1) is 9.42. The van der Waals surface area contributed by atoms with Gasteiger partial charge in [0.1, 0.15) is 0 Å². The smallest absolute Gasteiger partial charge is 0.234 e. The highest BCUT2D eigenvalue weighted by Crippen LogP contribution is 2.14. The molecular formula is C16H27N3O. The fourth-order valence-electron chi connectivity index (χ4n) is 2.04. The number of amides is 1. The molecule has 0 radical (unpaired) electrons. The molecule has 0 aliphatic rings. The van der Waals surface area contributed by atoms with E-state index in [-0.39, 0.29) is 11.9 Å². The van der Waals surface area contributed by atoms with E-state index < -0.39 is 0 Å². The Morgan fingerprint density at radius 1 is 1.30 bits per heavy atom. The highest BCUT2D eigenvalue weighted by atomic mass is 16.2. The van der Waals surface area contributed by atoms with Crippen LogP contribution in [-0.2, 0) is 11.3 Å². The summed E-state index contributed by atoms with van der Waals surface area (Å²) in [6.07, 6.45) is 0. The number of carbonyl (C=O) groups is 1. The lowest BCUT2D eigenvalue weighted by Crippen LogP contribution is -2.39. The van der Waals surface area contributed by atoms with E-state index in [1.165, 1.54) is 11.3 Å². The van der Waals surface area contributed by atoms with Crippen molar-refractivity contribution in [2.75, 3.05) is 32.1 Å². The molecule has 0 atom stereocenters. The first-order valence-corrected chi connectivity index (χ1v) is 7.20. The van der Waals surface area contributed by atoms with Crippen LogP contribution in [0.4, 0.5) is 5.69 Å². The Kier molecular flexibility index (Phi) is 6.52. The van der Waals surface area contributed by atoms with E-state index in [2.05, 4.69) is 46.3 Å². The third-order valence-electron chi connectivity index (χ3n) is 3.10. The lowest BCUT2D eigenvalue weighted by Gasteiger charge is -2.21. The van der Waals surface area contributed by atoms with E-state index in [1.54, 1.807) is 0 Å². The van der Waals surface area contributed by atoms with Crippen molar-refractivity contribution < 1.29 is 4.79 Å². The Morgan fingerprint density at radius 3 is 2.55 bits per heavy atom. The van der Waals surface area contributed by atoms with Crippen LogP contribution in [0.25, 0.3) is 0 Å². The first-order valence-electron chi connectivity index (χ1n) is 7.20. The zero-order valence-corrected chi connectivity index (χ0v) is 13.3. The Balaban J connectivity index is 2.64. The predicted octanol–water partition coefficient (Wildman–Crippen LogP) is 2.10. The summed E-state index contributed by atoms with van der Waals surface area (Å²) in [7, 11) is 4.07. The van der Waals surface area contributed by atoms with E-state index in [0.717, 1.165) is 13.1 Å². The van der Waals surface area contributed by atoms with Gasteiger partial charge in [-0.3, -0.25) is 9.69 Å². The number of hydrogen-bond acceptors (Lipinski definition) is 3. The SMILES string of the molecule is CCN(CC(=O)NC(C)C)Cc1cccc(N(C)C)c1. The molecule has 1 rings (SSSR count). The van der Waals surface area contributed by atoms with E-state index in [1.807, 2.05) is 27.9 Å². The van der Waals surface area contributed by atoms with Gasteiger partial charge in [0.2, 0.25) is 5.91 Å². The molecule has 4 heteroatoms. The van der Waals surface area contributed by atoms with Gasteiger partial charge < -0.3 is 10.2 Å². The lowest BCUT2D eigenvalue weighted by molar-refractivity contribution is -0.122. The van der Waals surface area contributed by atoms with Crippen molar-refractivity contribution in [1.29, 1.82) is 0 Å². The molecule has 112 valence electrons. The normalized spacial score (nSPS) is 10.9. The molecule has 20 heavy (non-hydrogen) atoms. The number of likely N-dealkylation sites (N-methyl/N-ethyl adjacent to an activating group) is 1. The first kappa shape index (κ1) is 16.5. The lowest BCUT2D eigenvalue weighted by atomic mass is 10.2. The molecule has 1 aromatic rings. The van der Waals surface area contributed by atoms with E-state index in [0.29, 0.717) is 6.54 Å². The Morgan fingerprint density at radius 2 is 2.00 bits per heavy atom. The molecule has 0 saturated heterocycles. The maximum absolute atomic E-state index is 11.8. The van der Waals surface area contributed by atoms with E-state index in [4.69, 9.17) is 0 Å². The zero-order valence-electron chi connectivity index (χ0n) is 13.3. The molecule has 0 bridgehead atoms. The molecule has 0 aliphatic carbocycles. The van der Waals surface area contributed by atoms with Crippen molar-refractivity contribution >= 4 is 11.6 Å². The van der Waals surface area contributed by atoms with Crippen LogP contribution in [0.15, 0.2) is 24.3 Å². The Hall–Kier alpha value is -1.55. The number of rotatable bonds is 7. The molecule has 4 nitrogen and oxygen atoms in total. The number of nitrogens with one attached hydrogen (secondary N) is 1. The summed E-state index contributed by atoms with van der Waals surface area (Å²) in [5, 5.41) is 2.93. The van der Waals surface area contributed by atoms with Gasteiger partial charge in [-0.25, -0.2) is 0 Å². The van der Waals surface area contributed by atoms with E-state index >= 15 is 0 Å². The number of anilines is 1. The fraction of sp³-hybridized carbons (Fsp3) is 0.562. The molecule has 0 fully saturated rings. The van der Waals surface area contributed by atoms with Crippen molar-refractivity contribution in [3.8, 4) is 0 Å². The summed E-state index contributed by atoms with van der Waals surface area (Å²) in [6, 6.07) is 8.62. The van der Waals surface area contributed by atoms with Gasteiger partial charge in [0.15, 0.2) is 0 Å². The molecule has 1 N–H and O–H groups in total. The molecule has 1 amide bonds. The molecule has 0 unspecified atom stereocenters. The van der Waals surface area contributed by atoms with Crippen LogP contribution in [-0.4, -0.2) is 44.0 Å². The minimum absolute atomic E-state index is 0.0885. The second-order valence-corrected chi connectivity index (χ2v) is 5.59. The molecule has 0 aromatic heterocycles. The molecule has 1 aromatic carbocycles. The Labute approximate surface area is 122 Å². The summed E-state index contributed by atoms with van der Waals surface area (Å²) in [5.41, 5.74) is 2.42. The third-order valence-corrected chi connectivity index (χ3v) is 3.10. The van der Waals surface area contributed by atoms with Gasteiger partial charge in [-0.2, -0.15) is 0 Å². The van der Waals surface area contributed by atoms with Crippen LogP contribution >= 0.6 is 0 Å². The summed E-state index contributed by atoms with van der Waals surface area (Å²) in [4.78, 5) is 16.1. The number of benzene rings is 1. The summed E-state index contributed by atoms with van der Waals surface area (Å²) in [5.74, 6) is 0.0885.